The summed E-state index contributed by atoms with van der Waals surface area (Å²) in [6.45, 7) is 9.31. The molecule has 2 aliphatic rings. The third-order valence-electron chi connectivity index (χ3n) is 4.46. The van der Waals surface area contributed by atoms with Crippen LogP contribution in [0.3, 0.4) is 0 Å². The van der Waals surface area contributed by atoms with Gasteiger partial charge in [-0.15, -0.1) is 0 Å². The Morgan fingerprint density at radius 1 is 1.21 bits per heavy atom. The predicted molar refractivity (Wildman–Crippen MR) is 97.9 cm³/mol. The Hall–Kier alpha value is -1.83. The summed E-state index contributed by atoms with van der Waals surface area (Å²) in [6, 6.07) is 2.17. The van der Waals surface area contributed by atoms with Gasteiger partial charge in [0.1, 0.15) is 12.1 Å². The monoisotopic (exact) mass is 345 g/mol. The number of piperazine rings is 1. The molecule has 128 valence electrons. The van der Waals surface area contributed by atoms with Crippen molar-refractivity contribution < 1.29 is 0 Å². The molecule has 4 rings (SSSR count). The summed E-state index contributed by atoms with van der Waals surface area (Å²) in [5, 5.41) is 6.19. The van der Waals surface area contributed by atoms with Gasteiger partial charge in [0.15, 0.2) is 5.17 Å². The van der Waals surface area contributed by atoms with Crippen molar-refractivity contribution in [1.29, 1.82) is 0 Å². The van der Waals surface area contributed by atoms with Gasteiger partial charge in [-0.1, -0.05) is 32.0 Å². The van der Waals surface area contributed by atoms with Crippen LogP contribution in [0, 0.1) is 0 Å². The van der Waals surface area contributed by atoms with E-state index < -0.39 is 0 Å². The lowest BCUT2D eigenvalue weighted by Crippen LogP contribution is -2.48. The molecule has 0 bridgehead atoms. The van der Waals surface area contributed by atoms with Crippen molar-refractivity contribution in [2.45, 2.75) is 31.9 Å². The van der Waals surface area contributed by atoms with Crippen LogP contribution in [-0.4, -0.2) is 67.6 Å². The zero-order valence-electron chi connectivity index (χ0n) is 14.2. The highest BCUT2D eigenvalue weighted by Gasteiger charge is 2.26. The summed E-state index contributed by atoms with van der Waals surface area (Å²) in [5.74, 6) is 1.80. The lowest BCUT2D eigenvalue weighted by molar-refractivity contribution is 0.389. The van der Waals surface area contributed by atoms with E-state index >= 15 is 0 Å². The van der Waals surface area contributed by atoms with Crippen molar-refractivity contribution in [2.24, 2.45) is 4.99 Å². The van der Waals surface area contributed by atoms with Gasteiger partial charge in [-0.3, -0.25) is 4.99 Å². The van der Waals surface area contributed by atoms with Gasteiger partial charge in [-0.2, -0.15) is 14.6 Å². The molecule has 1 unspecified atom stereocenters. The van der Waals surface area contributed by atoms with E-state index in [9.17, 15) is 0 Å². The Kier molecular flexibility index (Phi) is 4.30. The van der Waals surface area contributed by atoms with Gasteiger partial charge in [-0.25, -0.2) is 4.98 Å². The number of hydrogen-bond acceptors (Lipinski definition) is 7. The van der Waals surface area contributed by atoms with Crippen molar-refractivity contribution >= 4 is 28.5 Å². The fraction of sp³-hybridized carbons (Fsp3) is 0.625. The van der Waals surface area contributed by atoms with Crippen LogP contribution in [-0.2, 0) is 6.42 Å². The standard InChI is InChI=1S/C16H23N7S/c1-3-4-13-9-14(23-15(20-13)18-11-19-23)21-5-7-22(8-6-21)16-17-10-12(2)24-16/h9,11-12H,3-8,10H2,1-2H3. The second-order valence-corrected chi connectivity index (χ2v) is 7.76. The number of hydrogen-bond donors (Lipinski definition) is 0. The number of aromatic nitrogens is 4. The van der Waals surface area contributed by atoms with Crippen LogP contribution in [0.5, 0.6) is 0 Å². The highest BCUT2D eigenvalue weighted by molar-refractivity contribution is 8.14. The largest absolute Gasteiger partial charge is 0.353 e. The molecule has 0 N–H and O–H groups in total. The minimum Gasteiger partial charge on any atom is -0.353 e. The van der Waals surface area contributed by atoms with Gasteiger partial charge in [0, 0.05) is 43.2 Å². The second kappa shape index (κ2) is 6.58. The molecule has 0 aliphatic carbocycles. The Morgan fingerprint density at radius 3 is 2.71 bits per heavy atom. The molecule has 1 saturated heterocycles. The molecule has 4 heterocycles. The van der Waals surface area contributed by atoms with Crippen LogP contribution in [0.25, 0.3) is 5.78 Å². The SMILES string of the molecule is CCCc1cc(N2CCN(C3=NCC(C)S3)CC2)n2ncnc2n1. The topological polar surface area (TPSA) is 61.9 Å². The molecule has 1 fully saturated rings. The molecule has 0 radical (unpaired) electrons. The minimum absolute atomic E-state index is 0.615. The summed E-state index contributed by atoms with van der Waals surface area (Å²) in [4.78, 5) is 18.4. The van der Waals surface area contributed by atoms with E-state index in [0.29, 0.717) is 11.0 Å². The molecule has 0 aromatic carbocycles. The number of amidine groups is 1. The van der Waals surface area contributed by atoms with Gasteiger partial charge < -0.3 is 9.80 Å². The number of thioether (sulfide) groups is 1. The zero-order valence-corrected chi connectivity index (χ0v) is 15.0. The Morgan fingerprint density at radius 2 is 2.00 bits per heavy atom. The van der Waals surface area contributed by atoms with Gasteiger partial charge >= 0.3 is 0 Å². The maximum atomic E-state index is 4.67. The van der Waals surface area contributed by atoms with E-state index in [2.05, 4.69) is 49.8 Å². The van der Waals surface area contributed by atoms with Crippen molar-refractivity contribution in [3.63, 3.8) is 0 Å². The van der Waals surface area contributed by atoms with E-state index in [1.54, 1.807) is 6.33 Å². The molecule has 1 atom stereocenters. The molecule has 0 amide bonds. The Balaban J connectivity index is 1.53. The van der Waals surface area contributed by atoms with E-state index in [4.69, 9.17) is 0 Å². The van der Waals surface area contributed by atoms with Crippen molar-refractivity contribution in [3.05, 3.63) is 18.1 Å². The number of fused-ring (bicyclic) bond motifs is 1. The molecular weight excluding hydrogens is 322 g/mol. The smallest absolute Gasteiger partial charge is 0.254 e. The molecule has 7 nitrogen and oxygen atoms in total. The molecule has 0 spiro atoms. The lowest BCUT2D eigenvalue weighted by Gasteiger charge is -2.36. The number of nitrogens with zero attached hydrogens (tertiary/aromatic N) is 7. The van der Waals surface area contributed by atoms with E-state index in [1.165, 1.54) is 5.17 Å². The first-order valence-corrected chi connectivity index (χ1v) is 9.53. The summed E-state index contributed by atoms with van der Waals surface area (Å²) in [5.41, 5.74) is 1.10. The van der Waals surface area contributed by atoms with Crippen LogP contribution in [0.1, 0.15) is 26.0 Å². The van der Waals surface area contributed by atoms with Crippen LogP contribution < -0.4 is 4.90 Å². The molecule has 2 aromatic rings. The summed E-state index contributed by atoms with van der Waals surface area (Å²) >= 11 is 1.90. The quantitative estimate of drug-likeness (QED) is 0.844. The van der Waals surface area contributed by atoms with Crippen LogP contribution in [0.2, 0.25) is 0 Å². The fourth-order valence-electron chi connectivity index (χ4n) is 3.22. The highest BCUT2D eigenvalue weighted by Crippen LogP contribution is 2.25. The van der Waals surface area contributed by atoms with Gasteiger partial charge in [0.05, 0.1) is 6.54 Å². The van der Waals surface area contributed by atoms with E-state index in [0.717, 1.165) is 57.1 Å². The molecule has 2 aromatic heterocycles. The molecule has 0 saturated carbocycles. The Bertz CT molecular complexity index is 748. The predicted octanol–water partition coefficient (Wildman–Crippen LogP) is 1.69. The summed E-state index contributed by atoms with van der Waals surface area (Å²) in [6.07, 6.45) is 3.64. The maximum Gasteiger partial charge on any atom is 0.254 e. The van der Waals surface area contributed by atoms with Gasteiger partial charge in [-0.05, 0) is 6.42 Å². The number of aliphatic imine (C=N–C) groups is 1. The van der Waals surface area contributed by atoms with Crippen molar-refractivity contribution in [2.75, 3.05) is 37.6 Å². The zero-order chi connectivity index (χ0) is 16.5. The van der Waals surface area contributed by atoms with Crippen molar-refractivity contribution in [1.82, 2.24) is 24.5 Å². The van der Waals surface area contributed by atoms with E-state index in [-0.39, 0.29) is 0 Å². The van der Waals surface area contributed by atoms with Crippen LogP contribution in [0.15, 0.2) is 17.4 Å². The maximum absolute atomic E-state index is 4.67. The van der Waals surface area contributed by atoms with Gasteiger partial charge in [0.25, 0.3) is 5.78 Å². The molecule has 24 heavy (non-hydrogen) atoms. The fourth-order valence-corrected chi connectivity index (χ4v) is 4.21. The third-order valence-corrected chi connectivity index (χ3v) is 5.61. The lowest BCUT2D eigenvalue weighted by atomic mass is 10.2. The average molecular weight is 345 g/mol. The normalized spacial score (nSPS) is 21.6. The van der Waals surface area contributed by atoms with Crippen LogP contribution in [0.4, 0.5) is 5.82 Å². The number of anilines is 1. The average Bonchev–Trinajstić information content (AvgIpc) is 3.23. The minimum atomic E-state index is 0.615. The first kappa shape index (κ1) is 15.7. The second-order valence-electron chi connectivity index (χ2n) is 6.35. The molecule has 8 heteroatoms. The first-order valence-electron chi connectivity index (χ1n) is 8.65. The molecule has 2 aliphatic heterocycles. The summed E-state index contributed by atoms with van der Waals surface area (Å²) in [7, 11) is 0. The van der Waals surface area contributed by atoms with Crippen molar-refractivity contribution in [3.8, 4) is 0 Å². The van der Waals surface area contributed by atoms with Gasteiger partial charge in [0.2, 0.25) is 0 Å². The third kappa shape index (κ3) is 2.94. The summed E-state index contributed by atoms with van der Waals surface area (Å²) < 4.78 is 1.86. The highest BCUT2D eigenvalue weighted by atomic mass is 32.2. The molecular formula is C16H23N7S. The van der Waals surface area contributed by atoms with Crippen LogP contribution >= 0.6 is 11.8 Å². The number of aryl methyl sites for hydroxylation is 1. The number of rotatable bonds is 3. The Labute approximate surface area is 146 Å². The van der Waals surface area contributed by atoms with E-state index in [1.807, 2.05) is 16.3 Å². The first-order chi connectivity index (χ1) is 11.7.